The molecule has 0 saturated heterocycles. The van der Waals surface area contributed by atoms with E-state index >= 15 is 0 Å². The number of rotatable bonds is 5. The normalized spacial score (nSPS) is 11.9. The van der Waals surface area contributed by atoms with E-state index in [-0.39, 0.29) is 11.4 Å². The average molecular weight is 500 g/mol. The number of nitrogens with one attached hydrogen (secondary N) is 1. The molecule has 0 bridgehead atoms. The minimum Gasteiger partial charge on any atom is -0.356 e. The van der Waals surface area contributed by atoms with Crippen molar-refractivity contribution in [3.8, 4) is 0 Å². The van der Waals surface area contributed by atoms with E-state index in [9.17, 15) is 26.3 Å². The molecule has 0 heterocycles. The first-order chi connectivity index (χ1) is 16.9. The number of hydrogen-bond acceptors (Lipinski definition) is 2. The van der Waals surface area contributed by atoms with Crippen molar-refractivity contribution in [2.24, 2.45) is 0 Å². The Kier molecular flexibility index (Phi) is 6.71. The molecule has 2 nitrogen and oxygen atoms in total. The fourth-order valence-electron chi connectivity index (χ4n) is 3.94. The van der Waals surface area contributed by atoms with Crippen molar-refractivity contribution >= 4 is 28.4 Å². The molecular weight excluding hydrogens is 478 g/mol. The topological polar surface area (TPSA) is 15.3 Å². The lowest BCUT2D eigenvalue weighted by Gasteiger charge is -2.28. The number of anilines is 5. The van der Waals surface area contributed by atoms with Crippen LogP contribution in [-0.2, 0) is 12.4 Å². The van der Waals surface area contributed by atoms with Gasteiger partial charge in [-0.05, 0) is 97.8 Å². The number of hydrogen-bond donors (Lipinski definition) is 1. The van der Waals surface area contributed by atoms with Crippen molar-refractivity contribution in [2.45, 2.75) is 26.2 Å². The minimum atomic E-state index is -4.61. The molecule has 4 rings (SSSR count). The summed E-state index contributed by atoms with van der Waals surface area (Å²) in [5.74, 6) is 0. The Bertz CT molecular complexity index is 1280. The SMILES string of the molecule is Cc1cc(N(c2ccc(Nc3ccccc3)cc2)c2cc(C)cc(C(F)(F)F)c2)cc(C(F)(F)F)c1. The molecule has 4 aromatic rings. The van der Waals surface area contributed by atoms with Crippen molar-refractivity contribution in [3.05, 3.63) is 113 Å². The van der Waals surface area contributed by atoms with Crippen LogP contribution in [0.1, 0.15) is 22.3 Å². The first kappa shape index (κ1) is 25.2. The molecule has 0 spiro atoms. The predicted molar refractivity (Wildman–Crippen MR) is 130 cm³/mol. The lowest BCUT2D eigenvalue weighted by molar-refractivity contribution is -0.138. The Morgan fingerprint density at radius 1 is 0.528 bits per heavy atom. The van der Waals surface area contributed by atoms with Crippen LogP contribution in [0, 0.1) is 13.8 Å². The summed E-state index contributed by atoms with van der Waals surface area (Å²) in [6.45, 7) is 3.03. The van der Waals surface area contributed by atoms with Crippen LogP contribution < -0.4 is 10.2 Å². The quantitative estimate of drug-likeness (QED) is 0.275. The molecule has 1 N–H and O–H groups in total. The maximum atomic E-state index is 13.6. The molecule has 36 heavy (non-hydrogen) atoms. The molecule has 0 aliphatic heterocycles. The molecule has 0 aliphatic rings. The van der Waals surface area contributed by atoms with Gasteiger partial charge in [-0.1, -0.05) is 18.2 Å². The maximum absolute atomic E-state index is 13.6. The standard InChI is InChI=1S/C28H22F6N2/c1-18-12-20(27(29,30)31)16-25(14-18)36(26-15-19(2)13-21(17-26)28(32,33)34)24-10-8-23(9-11-24)35-22-6-4-3-5-7-22/h3-17,35H,1-2H3. The second-order valence-corrected chi connectivity index (χ2v) is 8.48. The molecule has 0 amide bonds. The molecule has 0 aromatic heterocycles. The van der Waals surface area contributed by atoms with Gasteiger partial charge >= 0.3 is 12.4 Å². The van der Waals surface area contributed by atoms with Crippen LogP contribution in [0.15, 0.2) is 91.0 Å². The van der Waals surface area contributed by atoms with Crippen LogP contribution in [0.5, 0.6) is 0 Å². The van der Waals surface area contributed by atoms with Gasteiger partial charge in [0.05, 0.1) is 11.1 Å². The van der Waals surface area contributed by atoms with Crippen molar-refractivity contribution < 1.29 is 26.3 Å². The number of benzene rings is 4. The van der Waals surface area contributed by atoms with E-state index in [1.807, 2.05) is 30.3 Å². The van der Waals surface area contributed by atoms with Gasteiger partial charge in [0.2, 0.25) is 0 Å². The smallest absolute Gasteiger partial charge is 0.356 e. The molecule has 186 valence electrons. The van der Waals surface area contributed by atoms with Crippen LogP contribution >= 0.6 is 0 Å². The monoisotopic (exact) mass is 500 g/mol. The summed E-state index contributed by atoms with van der Waals surface area (Å²) >= 11 is 0. The van der Waals surface area contributed by atoms with Crippen LogP contribution in [0.25, 0.3) is 0 Å². The third kappa shape index (κ3) is 5.82. The molecule has 0 saturated carbocycles. The van der Waals surface area contributed by atoms with Gasteiger partial charge in [-0.3, -0.25) is 0 Å². The lowest BCUT2D eigenvalue weighted by Crippen LogP contribution is -2.14. The summed E-state index contributed by atoms with van der Waals surface area (Å²) in [7, 11) is 0. The average Bonchev–Trinajstić information content (AvgIpc) is 2.79. The molecule has 0 aliphatic carbocycles. The number of halogens is 6. The number of aryl methyl sites for hydroxylation is 2. The van der Waals surface area contributed by atoms with Crippen LogP contribution in [0.3, 0.4) is 0 Å². The van der Waals surface area contributed by atoms with Gasteiger partial charge in [0.1, 0.15) is 0 Å². The van der Waals surface area contributed by atoms with Gasteiger partial charge < -0.3 is 10.2 Å². The van der Waals surface area contributed by atoms with Crippen molar-refractivity contribution in [1.29, 1.82) is 0 Å². The molecular formula is C28H22F6N2. The summed E-state index contributed by atoms with van der Waals surface area (Å²) in [5, 5.41) is 3.21. The first-order valence-electron chi connectivity index (χ1n) is 11.0. The van der Waals surface area contributed by atoms with Gasteiger partial charge in [-0.25, -0.2) is 0 Å². The van der Waals surface area contributed by atoms with E-state index in [0.717, 1.165) is 30.0 Å². The van der Waals surface area contributed by atoms with Gasteiger partial charge in [0, 0.05) is 28.4 Å². The van der Waals surface area contributed by atoms with Gasteiger partial charge in [0.25, 0.3) is 0 Å². The Hall–Kier alpha value is -3.94. The molecule has 0 radical (unpaired) electrons. The highest BCUT2D eigenvalue weighted by Crippen LogP contribution is 2.41. The molecule has 8 heteroatoms. The Labute approximate surface area is 204 Å². The highest BCUT2D eigenvalue weighted by Gasteiger charge is 2.33. The van der Waals surface area contributed by atoms with E-state index in [4.69, 9.17) is 0 Å². The number of alkyl halides is 6. The van der Waals surface area contributed by atoms with Crippen molar-refractivity contribution in [1.82, 2.24) is 0 Å². The maximum Gasteiger partial charge on any atom is 0.416 e. The third-order valence-corrected chi connectivity index (χ3v) is 5.48. The molecule has 4 aromatic carbocycles. The molecule has 0 fully saturated rings. The Morgan fingerprint density at radius 3 is 1.42 bits per heavy atom. The summed E-state index contributed by atoms with van der Waals surface area (Å²) in [6, 6.07) is 23.0. The summed E-state index contributed by atoms with van der Waals surface area (Å²) in [5.41, 5.74) is 1.06. The van der Waals surface area contributed by atoms with Crippen LogP contribution in [0.2, 0.25) is 0 Å². The number of para-hydroxylation sites is 1. The van der Waals surface area contributed by atoms with Crippen molar-refractivity contribution in [2.75, 3.05) is 10.2 Å². The fourth-order valence-corrected chi connectivity index (χ4v) is 3.94. The fraction of sp³-hybridized carbons (Fsp3) is 0.143. The van der Waals surface area contributed by atoms with Gasteiger partial charge in [-0.2, -0.15) is 26.3 Å². The predicted octanol–water partition coefficient (Wildman–Crippen LogP) is 9.55. The van der Waals surface area contributed by atoms with E-state index in [1.54, 1.807) is 24.3 Å². The van der Waals surface area contributed by atoms with E-state index < -0.39 is 23.5 Å². The number of nitrogens with zero attached hydrogens (tertiary/aromatic N) is 1. The van der Waals surface area contributed by atoms with Crippen LogP contribution in [-0.4, -0.2) is 0 Å². The Balaban J connectivity index is 1.84. The van der Waals surface area contributed by atoms with Gasteiger partial charge in [-0.15, -0.1) is 0 Å². The molecule has 0 atom stereocenters. The lowest BCUT2D eigenvalue weighted by atomic mass is 10.0. The van der Waals surface area contributed by atoms with Crippen molar-refractivity contribution in [3.63, 3.8) is 0 Å². The third-order valence-electron chi connectivity index (χ3n) is 5.48. The second-order valence-electron chi connectivity index (χ2n) is 8.48. The molecule has 0 unspecified atom stereocenters. The zero-order chi connectivity index (χ0) is 26.1. The summed E-state index contributed by atoms with van der Waals surface area (Å²) in [4.78, 5) is 1.40. The zero-order valence-corrected chi connectivity index (χ0v) is 19.4. The van der Waals surface area contributed by atoms with Gasteiger partial charge in [0.15, 0.2) is 0 Å². The Morgan fingerprint density at radius 2 is 0.972 bits per heavy atom. The van der Waals surface area contributed by atoms with Crippen LogP contribution in [0.4, 0.5) is 54.8 Å². The highest BCUT2D eigenvalue weighted by atomic mass is 19.4. The van der Waals surface area contributed by atoms with E-state index in [1.165, 1.54) is 30.9 Å². The van der Waals surface area contributed by atoms with E-state index in [2.05, 4.69) is 5.32 Å². The second kappa shape index (κ2) is 9.60. The van der Waals surface area contributed by atoms with E-state index in [0.29, 0.717) is 22.5 Å². The zero-order valence-electron chi connectivity index (χ0n) is 19.4. The highest BCUT2D eigenvalue weighted by molar-refractivity contribution is 5.79. The first-order valence-corrected chi connectivity index (χ1v) is 11.0. The minimum absolute atomic E-state index is 0.102. The summed E-state index contributed by atoms with van der Waals surface area (Å²) < 4.78 is 81.5. The largest absolute Gasteiger partial charge is 0.416 e. The summed E-state index contributed by atoms with van der Waals surface area (Å²) in [6.07, 6.45) is -9.22.